The van der Waals surface area contributed by atoms with E-state index in [-0.39, 0.29) is 12.0 Å². The van der Waals surface area contributed by atoms with Crippen molar-refractivity contribution in [2.75, 3.05) is 40.0 Å². The lowest BCUT2D eigenvalue weighted by Gasteiger charge is -2.27. The maximum Gasteiger partial charge on any atom is 0.323 e. The van der Waals surface area contributed by atoms with Gasteiger partial charge in [0.05, 0.1) is 13.2 Å². The van der Waals surface area contributed by atoms with Crippen LogP contribution in [0.15, 0.2) is 0 Å². The van der Waals surface area contributed by atoms with Crippen LogP contribution in [0.5, 0.6) is 0 Å². The zero-order valence-electron chi connectivity index (χ0n) is 13.3. The topological polar surface area (TPSA) is 48.0 Å². The van der Waals surface area contributed by atoms with Gasteiger partial charge in [-0.3, -0.25) is 9.69 Å². The van der Waals surface area contributed by atoms with Crippen molar-refractivity contribution >= 4 is 5.97 Å². The maximum absolute atomic E-state index is 12.1. The first kappa shape index (κ1) is 17.4. The second kappa shape index (κ2) is 8.60. The van der Waals surface area contributed by atoms with Crippen LogP contribution in [0.1, 0.15) is 40.0 Å². The van der Waals surface area contributed by atoms with Gasteiger partial charge in [0.2, 0.25) is 0 Å². The summed E-state index contributed by atoms with van der Waals surface area (Å²) >= 11 is 0. The summed E-state index contributed by atoms with van der Waals surface area (Å²) in [5.74, 6) is -0.0877. The van der Waals surface area contributed by atoms with Crippen molar-refractivity contribution < 1.29 is 19.0 Å². The van der Waals surface area contributed by atoms with Crippen LogP contribution in [0, 0.1) is 0 Å². The van der Waals surface area contributed by atoms with Gasteiger partial charge in [-0.1, -0.05) is 0 Å². The molecule has 20 heavy (non-hydrogen) atoms. The molecule has 1 aliphatic heterocycles. The third-order valence-electron chi connectivity index (χ3n) is 3.21. The SMILES string of the molecule is COCCOCCCN1CCC[C@@H]1C(=O)OC(C)(C)C. The van der Waals surface area contributed by atoms with Gasteiger partial charge in [0.15, 0.2) is 0 Å². The average molecular weight is 287 g/mol. The molecule has 0 radical (unpaired) electrons. The number of rotatable bonds is 8. The van der Waals surface area contributed by atoms with Crippen LogP contribution in [0.3, 0.4) is 0 Å². The molecule has 0 aliphatic carbocycles. The minimum Gasteiger partial charge on any atom is -0.459 e. The molecular formula is C15H29NO4. The molecule has 0 unspecified atom stereocenters. The van der Waals surface area contributed by atoms with Crippen molar-refractivity contribution in [2.45, 2.75) is 51.7 Å². The fourth-order valence-corrected chi connectivity index (χ4v) is 2.34. The summed E-state index contributed by atoms with van der Waals surface area (Å²) < 4.78 is 15.8. The van der Waals surface area contributed by atoms with Gasteiger partial charge >= 0.3 is 5.97 Å². The molecule has 0 bridgehead atoms. The van der Waals surface area contributed by atoms with Gasteiger partial charge in [-0.15, -0.1) is 0 Å². The Morgan fingerprint density at radius 3 is 2.65 bits per heavy atom. The summed E-state index contributed by atoms with van der Waals surface area (Å²) in [7, 11) is 1.67. The van der Waals surface area contributed by atoms with Crippen molar-refractivity contribution in [2.24, 2.45) is 0 Å². The predicted molar refractivity (Wildman–Crippen MR) is 77.8 cm³/mol. The number of nitrogens with zero attached hydrogens (tertiary/aromatic N) is 1. The monoisotopic (exact) mass is 287 g/mol. The molecule has 0 N–H and O–H groups in total. The number of ether oxygens (including phenoxy) is 3. The first-order valence-electron chi connectivity index (χ1n) is 7.47. The largest absolute Gasteiger partial charge is 0.459 e. The highest BCUT2D eigenvalue weighted by Crippen LogP contribution is 2.21. The Morgan fingerprint density at radius 1 is 1.25 bits per heavy atom. The van der Waals surface area contributed by atoms with Crippen LogP contribution in [-0.2, 0) is 19.0 Å². The molecule has 0 spiro atoms. The van der Waals surface area contributed by atoms with Gasteiger partial charge in [0, 0.05) is 20.3 Å². The normalized spacial score (nSPS) is 20.3. The zero-order chi connectivity index (χ0) is 15.0. The van der Waals surface area contributed by atoms with E-state index in [1.807, 2.05) is 20.8 Å². The van der Waals surface area contributed by atoms with Crippen molar-refractivity contribution in [1.29, 1.82) is 0 Å². The van der Waals surface area contributed by atoms with E-state index in [0.717, 1.165) is 32.4 Å². The van der Waals surface area contributed by atoms with E-state index in [1.165, 1.54) is 0 Å². The maximum atomic E-state index is 12.1. The fourth-order valence-electron chi connectivity index (χ4n) is 2.34. The van der Waals surface area contributed by atoms with Crippen molar-refractivity contribution in [3.05, 3.63) is 0 Å². The number of hydrogen-bond donors (Lipinski definition) is 0. The molecule has 1 rings (SSSR count). The van der Waals surface area contributed by atoms with Crippen LogP contribution in [-0.4, -0.2) is 62.5 Å². The Labute approximate surface area is 122 Å². The number of carbonyl (C=O) groups excluding carboxylic acids is 1. The predicted octanol–water partition coefficient (Wildman–Crippen LogP) is 1.85. The Morgan fingerprint density at radius 2 is 2.00 bits per heavy atom. The van der Waals surface area contributed by atoms with Gasteiger partial charge in [0.25, 0.3) is 0 Å². The smallest absolute Gasteiger partial charge is 0.323 e. The van der Waals surface area contributed by atoms with Crippen LogP contribution in [0.2, 0.25) is 0 Å². The van der Waals surface area contributed by atoms with Gasteiger partial charge in [-0.2, -0.15) is 0 Å². The molecule has 0 aromatic carbocycles. The molecular weight excluding hydrogens is 258 g/mol. The van der Waals surface area contributed by atoms with Gasteiger partial charge in [-0.25, -0.2) is 0 Å². The first-order valence-corrected chi connectivity index (χ1v) is 7.47. The lowest BCUT2D eigenvalue weighted by atomic mass is 10.1. The standard InChI is InChI=1S/C15H29NO4/c1-15(2,3)20-14(17)13-7-5-8-16(13)9-6-10-19-12-11-18-4/h13H,5-12H2,1-4H3/t13-/m1/s1. The van der Waals surface area contributed by atoms with Gasteiger partial charge in [0.1, 0.15) is 11.6 Å². The highest BCUT2D eigenvalue weighted by Gasteiger charge is 2.33. The molecule has 5 nitrogen and oxygen atoms in total. The summed E-state index contributed by atoms with van der Waals surface area (Å²) in [5.41, 5.74) is -0.408. The third-order valence-corrected chi connectivity index (χ3v) is 3.21. The van der Waals surface area contributed by atoms with E-state index in [4.69, 9.17) is 14.2 Å². The van der Waals surface area contributed by atoms with Crippen LogP contribution >= 0.6 is 0 Å². The molecule has 1 atom stereocenters. The molecule has 118 valence electrons. The van der Waals surface area contributed by atoms with E-state index < -0.39 is 5.60 Å². The first-order chi connectivity index (χ1) is 9.44. The summed E-state index contributed by atoms with van der Waals surface area (Å²) in [6.07, 6.45) is 2.90. The number of esters is 1. The average Bonchev–Trinajstić information content (AvgIpc) is 2.80. The number of likely N-dealkylation sites (tertiary alicyclic amines) is 1. The Balaban J connectivity index is 2.25. The van der Waals surface area contributed by atoms with E-state index in [2.05, 4.69) is 4.90 Å². The van der Waals surface area contributed by atoms with Crippen LogP contribution < -0.4 is 0 Å². The Bertz CT molecular complexity index is 288. The molecule has 0 saturated carbocycles. The Kier molecular flexibility index (Phi) is 7.48. The molecule has 1 saturated heterocycles. The number of hydrogen-bond acceptors (Lipinski definition) is 5. The van der Waals surface area contributed by atoms with Crippen LogP contribution in [0.4, 0.5) is 0 Å². The van der Waals surface area contributed by atoms with Crippen molar-refractivity contribution in [1.82, 2.24) is 4.90 Å². The van der Waals surface area contributed by atoms with Gasteiger partial charge < -0.3 is 14.2 Å². The minimum absolute atomic E-state index is 0.0757. The molecule has 1 fully saturated rings. The summed E-state index contributed by atoms with van der Waals surface area (Å²) in [5, 5.41) is 0. The number of methoxy groups -OCH3 is 1. The van der Waals surface area contributed by atoms with E-state index in [1.54, 1.807) is 7.11 Å². The molecule has 1 heterocycles. The van der Waals surface area contributed by atoms with Crippen LogP contribution in [0.25, 0.3) is 0 Å². The van der Waals surface area contributed by atoms with E-state index >= 15 is 0 Å². The molecule has 5 heteroatoms. The highest BCUT2D eigenvalue weighted by molar-refractivity contribution is 5.76. The van der Waals surface area contributed by atoms with Crippen molar-refractivity contribution in [3.8, 4) is 0 Å². The summed E-state index contributed by atoms with van der Waals surface area (Å²) in [6, 6.07) is -0.0757. The molecule has 0 aromatic rings. The van der Waals surface area contributed by atoms with Crippen molar-refractivity contribution in [3.63, 3.8) is 0 Å². The minimum atomic E-state index is -0.408. The van der Waals surface area contributed by atoms with E-state index in [9.17, 15) is 4.79 Å². The van der Waals surface area contributed by atoms with Gasteiger partial charge in [-0.05, 0) is 46.6 Å². The lowest BCUT2D eigenvalue weighted by Crippen LogP contribution is -2.41. The molecule has 0 aromatic heterocycles. The lowest BCUT2D eigenvalue weighted by molar-refractivity contribution is -0.160. The summed E-state index contributed by atoms with van der Waals surface area (Å²) in [4.78, 5) is 14.3. The number of carbonyl (C=O) groups is 1. The second-order valence-electron chi connectivity index (χ2n) is 6.19. The fraction of sp³-hybridized carbons (Fsp3) is 0.933. The molecule has 1 aliphatic rings. The van der Waals surface area contributed by atoms with E-state index in [0.29, 0.717) is 19.8 Å². The highest BCUT2D eigenvalue weighted by atomic mass is 16.6. The second-order valence-corrected chi connectivity index (χ2v) is 6.19. The Hall–Kier alpha value is -0.650. The zero-order valence-corrected chi connectivity index (χ0v) is 13.3. The quantitative estimate of drug-likeness (QED) is 0.503. The third kappa shape index (κ3) is 6.68. The summed E-state index contributed by atoms with van der Waals surface area (Å²) in [6.45, 7) is 9.56. The molecule has 0 amide bonds.